The van der Waals surface area contributed by atoms with Gasteiger partial charge in [-0.3, -0.25) is 9.79 Å². The third kappa shape index (κ3) is 7.12. The van der Waals surface area contributed by atoms with Crippen molar-refractivity contribution in [1.29, 1.82) is 0 Å². The molecule has 198 valence electrons. The number of amides is 1. The fourth-order valence-corrected chi connectivity index (χ4v) is 4.83. The zero-order chi connectivity index (χ0) is 26.9. The lowest BCUT2D eigenvalue weighted by Gasteiger charge is -2.35. The van der Waals surface area contributed by atoms with Crippen molar-refractivity contribution in [2.45, 2.75) is 85.9 Å². The van der Waals surface area contributed by atoms with Crippen molar-refractivity contribution in [3.05, 3.63) is 72.1 Å². The van der Waals surface area contributed by atoms with Crippen LogP contribution in [0.1, 0.15) is 73.3 Å². The topological polar surface area (TPSA) is 56.7 Å². The van der Waals surface area contributed by atoms with E-state index in [1.807, 2.05) is 11.8 Å². The van der Waals surface area contributed by atoms with Gasteiger partial charge in [-0.2, -0.15) is 0 Å². The number of carbonyl (C=O) groups excluding carboxylic acids is 1. The fraction of sp³-hybridized carbons (Fsp3) is 0.438. The van der Waals surface area contributed by atoms with Crippen LogP contribution in [0.15, 0.2) is 71.5 Å². The maximum Gasteiger partial charge on any atom is 0.222 e. The summed E-state index contributed by atoms with van der Waals surface area (Å²) in [6.45, 7) is 15.4. The number of nitrogens with one attached hydrogen (secondary N) is 2. The molecule has 1 heterocycles. The third-order valence-corrected chi connectivity index (χ3v) is 7.30. The molecule has 0 spiro atoms. The molecule has 2 aromatic rings. The largest absolute Gasteiger partial charge is 0.386 e. The van der Waals surface area contributed by atoms with Crippen LogP contribution in [-0.4, -0.2) is 41.2 Å². The van der Waals surface area contributed by atoms with Crippen LogP contribution in [0.5, 0.6) is 0 Å². The number of hydrogen-bond donors (Lipinski definition) is 2. The van der Waals surface area contributed by atoms with Crippen molar-refractivity contribution in [1.82, 2.24) is 15.5 Å². The Morgan fingerprint density at radius 2 is 1.81 bits per heavy atom. The molecule has 3 rings (SSSR count). The van der Waals surface area contributed by atoms with Gasteiger partial charge in [0.2, 0.25) is 5.91 Å². The lowest BCUT2D eigenvalue weighted by Crippen LogP contribution is -2.49. The van der Waals surface area contributed by atoms with Crippen LogP contribution in [0.4, 0.5) is 5.69 Å². The first-order valence-electron chi connectivity index (χ1n) is 13.8. The van der Waals surface area contributed by atoms with Crippen LogP contribution in [-0.2, 0) is 4.79 Å². The zero-order valence-corrected chi connectivity index (χ0v) is 23.6. The average molecular weight is 501 g/mol. The highest BCUT2D eigenvalue weighted by Crippen LogP contribution is 2.27. The van der Waals surface area contributed by atoms with Gasteiger partial charge in [0.05, 0.1) is 17.8 Å². The number of nitrogens with zero attached hydrogens (tertiary/aromatic N) is 2. The summed E-state index contributed by atoms with van der Waals surface area (Å²) in [5.41, 5.74) is 5.71. The van der Waals surface area contributed by atoms with Crippen molar-refractivity contribution in [3.63, 3.8) is 0 Å². The molecule has 0 aliphatic carbocycles. The predicted octanol–water partition coefficient (Wildman–Crippen LogP) is 7.13. The van der Waals surface area contributed by atoms with Gasteiger partial charge in [0, 0.05) is 30.9 Å². The first-order valence-corrected chi connectivity index (χ1v) is 13.8. The van der Waals surface area contributed by atoms with Gasteiger partial charge in [0.25, 0.3) is 0 Å². The first kappa shape index (κ1) is 28.2. The Morgan fingerprint density at radius 1 is 1.08 bits per heavy atom. The summed E-state index contributed by atoms with van der Waals surface area (Å²) < 4.78 is 0. The van der Waals surface area contributed by atoms with E-state index in [9.17, 15) is 4.79 Å². The van der Waals surface area contributed by atoms with Gasteiger partial charge in [0.15, 0.2) is 0 Å². The molecule has 5 nitrogen and oxygen atoms in total. The van der Waals surface area contributed by atoms with Crippen molar-refractivity contribution in [2.24, 2.45) is 4.99 Å². The number of allylic oxidation sites excluding steroid dienone is 2. The standard InChI is InChI=1S/C32H44N4O/c1-8-23(6)35-29-16-14-25-18-26(12-13-27(25)19-29)28-15-17-30(34-21-28)22(5)20-33-24(7)31(9-2)36(11-4)32(37)10-3/h12-21,24,30-31,33-34H,8-11H2,1-7H3/b22-20+,35-23?. The highest BCUT2D eigenvalue weighted by Gasteiger charge is 2.24. The molecule has 0 saturated heterocycles. The molecule has 0 fully saturated rings. The summed E-state index contributed by atoms with van der Waals surface area (Å²) in [6.07, 6.45) is 11.0. The van der Waals surface area contributed by atoms with Crippen LogP contribution >= 0.6 is 0 Å². The van der Waals surface area contributed by atoms with Crippen LogP contribution in [0, 0.1) is 0 Å². The van der Waals surface area contributed by atoms with E-state index in [1.165, 1.54) is 27.5 Å². The van der Waals surface area contributed by atoms with Gasteiger partial charge < -0.3 is 15.5 Å². The summed E-state index contributed by atoms with van der Waals surface area (Å²) in [7, 11) is 0. The molecule has 0 radical (unpaired) electrons. The monoisotopic (exact) mass is 500 g/mol. The van der Waals surface area contributed by atoms with Crippen molar-refractivity contribution in [2.75, 3.05) is 6.54 Å². The van der Waals surface area contributed by atoms with Crippen molar-refractivity contribution >= 4 is 33.7 Å². The molecule has 2 N–H and O–H groups in total. The Bertz CT molecular complexity index is 1210. The van der Waals surface area contributed by atoms with Gasteiger partial charge in [-0.1, -0.05) is 51.1 Å². The SMILES string of the molecule is CCC(=O)N(CC)C(CC)C(C)N/C=C(\C)C1C=CC(c2ccc3cc(N=C(C)CC)ccc3c2)=CN1. The molecule has 1 amide bonds. The molecule has 3 atom stereocenters. The summed E-state index contributed by atoms with van der Waals surface area (Å²) >= 11 is 0. The number of likely N-dealkylation sites (N-methyl/N-ethyl adjacent to an activating group) is 1. The number of hydrogen-bond acceptors (Lipinski definition) is 4. The first-order chi connectivity index (χ1) is 17.8. The van der Waals surface area contributed by atoms with Gasteiger partial charge >= 0.3 is 0 Å². The minimum atomic E-state index is 0.130. The second-order valence-electron chi connectivity index (χ2n) is 9.90. The number of rotatable bonds is 11. The van der Waals surface area contributed by atoms with Crippen molar-refractivity contribution in [3.8, 4) is 0 Å². The van der Waals surface area contributed by atoms with E-state index in [1.54, 1.807) is 0 Å². The van der Waals surface area contributed by atoms with E-state index >= 15 is 0 Å². The molecule has 1 aliphatic rings. The minimum Gasteiger partial charge on any atom is -0.386 e. The molecule has 5 heteroatoms. The summed E-state index contributed by atoms with van der Waals surface area (Å²) in [6, 6.07) is 13.5. The predicted molar refractivity (Wildman–Crippen MR) is 159 cm³/mol. The van der Waals surface area contributed by atoms with Crippen LogP contribution in [0.3, 0.4) is 0 Å². The Labute approximate surface area is 223 Å². The van der Waals surface area contributed by atoms with Crippen LogP contribution in [0.2, 0.25) is 0 Å². The van der Waals surface area contributed by atoms with E-state index in [0.29, 0.717) is 6.42 Å². The number of benzene rings is 2. The fourth-order valence-electron chi connectivity index (χ4n) is 4.83. The van der Waals surface area contributed by atoms with E-state index in [2.05, 4.69) is 118 Å². The Hall–Kier alpha value is -3.34. The van der Waals surface area contributed by atoms with Crippen LogP contribution in [0.25, 0.3) is 16.3 Å². The lowest BCUT2D eigenvalue weighted by atomic mass is 9.97. The maximum atomic E-state index is 12.4. The molecule has 0 saturated carbocycles. The van der Waals surface area contributed by atoms with Crippen LogP contribution < -0.4 is 10.6 Å². The number of fused-ring (bicyclic) bond motifs is 1. The van der Waals surface area contributed by atoms with Gasteiger partial charge in [-0.05, 0) is 92.4 Å². The number of aliphatic imine (C=N–C) groups is 1. The lowest BCUT2D eigenvalue weighted by molar-refractivity contribution is -0.133. The average Bonchev–Trinajstić information content (AvgIpc) is 2.93. The molecule has 3 unspecified atom stereocenters. The normalized spacial score (nSPS) is 17.7. The molecule has 37 heavy (non-hydrogen) atoms. The summed E-state index contributed by atoms with van der Waals surface area (Å²) in [5, 5.41) is 9.50. The molecular weight excluding hydrogens is 456 g/mol. The smallest absolute Gasteiger partial charge is 0.222 e. The molecule has 1 aliphatic heterocycles. The van der Waals surface area contributed by atoms with E-state index in [4.69, 9.17) is 0 Å². The highest BCUT2D eigenvalue weighted by molar-refractivity contribution is 5.91. The number of dihydropyridines is 1. The molecular formula is C32H44N4O. The van der Waals surface area contributed by atoms with E-state index in [0.717, 1.165) is 30.8 Å². The minimum absolute atomic E-state index is 0.130. The third-order valence-electron chi connectivity index (χ3n) is 7.30. The second kappa shape index (κ2) is 13.3. The van der Waals surface area contributed by atoms with Gasteiger partial charge in [-0.25, -0.2) is 0 Å². The molecule has 0 aromatic heterocycles. The summed E-state index contributed by atoms with van der Waals surface area (Å²) in [5.74, 6) is 0.215. The maximum absolute atomic E-state index is 12.4. The van der Waals surface area contributed by atoms with Gasteiger partial charge in [-0.15, -0.1) is 0 Å². The summed E-state index contributed by atoms with van der Waals surface area (Å²) in [4.78, 5) is 19.1. The quantitative estimate of drug-likeness (QED) is 0.323. The Balaban J connectivity index is 1.66. The second-order valence-corrected chi connectivity index (χ2v) is 9.90. The van der Waals surface area contributed by atoms with E-state index in [-0.39, 0.29) is 24.0 Å². The molecule has 2 aromatic carbocycles. The molecule has 0 bridgehead atoms. The van der Waals surface area contributed by atoms with E-state index < -0.39 is 0 Å². The Morgan fingerprint density at radius 3 is 2.43 bits per heavy atom. The highest BCUT2D eigenvalue weighted by atomic mass is 16.2. The Kier molecular flexibility index (Phi) is 10.1. The zero-order valence-electron chi connectivity index (χ0n) is 23.6. The van der Waals surface area contributed by atoms with Gasteiger partial charge in [0.1, 0.15) is 0 Å². The van der Waals surface area contributed by atoms with Crippen molar-refractivity contribution < 1.29 is 4.79 Å². The number of carbonyl (C=O) groups is 1.